The Morgan fingerprint density at radius 2 is 2.05 bits per heavy atom. The monoisotopic (exact) mass is 316 g/mol. The van der Waals surface area contributed by atoms with Crippen molar-refractivity contribution < 1.29 is 4.74 Å². The average molecular weight is 316 g/mol. The molecule has 3 rings (SSSR count). The molecule has 0 aliphatic carbocycles. The SMILES string of the molecule is COc1c(C)cnc(CSc2nc3ccccc3s2)c1C. The Labute approximate surface area is 132 Å². The number of thiazole rings is 1. The molecule has 0 aliphatic heterocycles. The van der Waals surface area contributed by atoms with Gasteiger partial charge >= 0.3 is 0 Å². The fourth-order valence-electron chi connectivity index (χ4n) is 2.26. The standard InChI is InChI=1S/C16H16N2OS2/c1-10-8-17-13(11(2)15(10)19-3)9-20-16-18-12-6-4-5-7-14(12)21-16/h4-8H,9H2,1-3H3. The lowest BCUT2D eigenvalue weighted by Crippen LogP contribution is -1.98. The maximum Gasteiger partial charge on any atom is 0.151 e. The normalized spacial score (nSPS) is 11.0. The lowest BCUT2D eigenvalue weighted by Gasteiger charge is -2.11. The van der Waals surface area contributed by atoms with Crippen LogP contribution in [0.5, 0.6) is 5.75 Å². The van der Waals surface area contributed by atoms with Crippen LogP contribution in [0.2, 0.25) is 0 Å². The van der Waals surface area contributed by atoms with Gasteiger partial charge in [0.2, 0.25) is 0 Å². The van der Waals surface area contributed by atoms with Gasteiger partial charge in [-0.05, 0) is 26.0 Å². The van der Waals surface area contributed by atoms with Crippen LogP contribution < -0.4 is 4.74 Å². The number of methoxy groups -OCH3 is 1. The molecule has 0 bridgehead atoms. The highest BCUT2D eigenvalue weighted by molar-refractivity contribution is 8.00. The average Bonchev–Trinajstić information content (AvgIpc) is 2.90. The van der Waals surface area contributed by atoms with E-state index in [2.05, 4.69) is 23.0 Å². The zero-order valence-electron chi connectivity index (χ0n) is 12.2. The van der Waals surface area contributed by atoms with Gasteiger partial charge in [-0.25, -0.2) is 4.98 Å². The second-order valence-corrected chi connectivity index (χ2v) is 7.04. The van der Waals surface area contributed by atoms with Crippen LogP contribution >= 0.6 is 23.1 Å². The molecule has 0 saturated heterocycles. The molecule has 0 fully saturated rings. The van der Waals surface area contributed by atoms with E-state index in [0.717, 1.165) is 38.2 Å². The van der Waals surface area contributed by atoms with Crippen LogP contribution in [0.25, 0.3) is 10.2 Å². The number of hydrogen-bond acceptors (Lipinski definition) is 5. The zero-order chi connectivity index (χ0) is 14.8. The molecular weight excluding hydrogens is 300 g/mol. The van der Waals surface area contributed by atoms with E-state index in [1.165, 1.54) is 4.70 Å². The summed E-state index contributed by atoms with van der Waals surface area (Å²) in [5.74, 6) is 1.74. The van der Waals surface area contributed by atoms with E-state index in [1.807, 2.05) is 31.3 Å². The predicted molar refractivity (Wildman–Crippen MR) is 89.4 cm³/mol. The number of benzene rings is 1. The maximum atomic E-state index is 5.45. The van der Waals surface area contributed by atoms with E-state index in [9.17, 15) is 0 Å². The summed E-state index contributed by atoms with van der Waals surface area (Å²) in [6, 6.07) is 8.22. The van der Waals surface area contributed by atoms with E-state index in [1.54, 1.807) is 30.2 Å². The minimum Gasteiger partial charge on any atom is -0.496 e. The molecule has 0 saturated carbocycles. The van der Waals surface area contributed by atoms with Crippen LogP contribution in [0, 0.1) is 13.8 Å². The Hall–Kier alpha value is -1.59. The number of fused-ring (bicyclic) bond motifs is 1. The fraction of sp³-hybridized carbons (Fsp3) is 0.250. The number of aryl methyl sites for hydroxylation is 1. The zero-order valence-corrected chi connectivity index (χ0v) is 13.8. The number of ether oxygens (including phenoxy) is 1. The largest absolute Gasteiger partial charge is 0.496 e. The molecule has 0 radical (unpaired) electrons. The van der Waals surface area contributed by atoms with Crippen LogP contribution in [0.4, 0.5) is 0 Å². The van der Waals surface area contributed by atoms with E-state index < -0.39 is 0 Å². The van der Waals surface area contributed by atoms with Crippen molar-refractivity contribution in [2.75, 3.05) is 7.11 Å². The first-order chi connectivity index (χ1) is 10.2. The molecule has 0 N–H and O–H groups in total. The molecule has 0 aliphatic rings. The molecule has 5 heteroatoms. The third kappa shape index (κ3) is 2.89. The first kappa shape index (κ1) is 14.4. The molecule has 108 valence electrons. The number of hydrogen-bond donors (Lipinski definition) is 0. The van der Waals surface area contributed by atoms with Crippen molar-refractivity contribution in [3.8, 4) is 5.75 Å². The Morgan fingerprint density at radius 3 is 2.81 bits per heavy atom. The molecule has 0 spiro atoms. The summed E-state index contributed by atoms with van der Waals surface area (Å²) in [6.07, 6.45) is 1.88. The molecule has 0 atom stereocenters. The van der Waals surface area contributed by atoms with Gasteiger partial charge in [-0.15, -0.1) is 11.3 Å². The highest BCUT2D eigenvalue weighted by atomic mass is 32.2. The van der Waals surface area contributed by atoms with Gasteiger partial charge in [-0.1, -0.05) is 23.9 Å². The Morgan fingerprint density at radius 1 is 1.24 bits per heavy atom. The van der Waals surface area contributed by atoms with Gasteiger partial charge < -0.3 is 4.74 Å². The highest BCUT2D eigenvalue weighted by Gasteiger charge is 2.11. The number of thioether (sulfide) groups is 1. The summed E-state index contributed by atoms with van der Waals surface area (Å²) in [4.78, 5) is 9.17. The Kier molecular flexibility index (Phi) is 4.12. The molecule has 3 nitrogen and oxygen atoms in total. The van der Waals surface area contributed by atoms with Crippen molar-refractivity contribution in [3.05, 3.63) is 47.3 Å². The number of para-hydroxylation sites is 1. The lowest BCUT2D eigenvalue weighted by atomic mass is 10.1. The van der Waals surface area contributed by atoms with E-state index in [0.29, 0.717) is 0 Å². The summed E-state index contributed by atoms with van der Waals surface area (Å²) >= 11 is 3.46. The van der Waals surface area contributed by atoms with Crippen LogP contribution in [0.3, 0.4) is 0 Å². The summed E-state index contributed by atoms with van der Waals surface area (Å²) in [5, 5.41) is 0. The number of nitrogens with zero attached hydrogens (tertiary/aromatic N) is 2. The summed E-state index contributed by atoms with van der Waals surface area (Å²) in [7, 11) is 1.71. The Bertz CT molecular complexity index is 750. The Balaban J connectivity index is 1.81. The van der Waals surface area contributed by atoms with Gasteiger partial charge in [0.25, 0.3) is 0 Å². The topological polar surface area (TPSA) is 35.0 Å². The molecule has 0 amide bonds. The molecular formula is C16H16N2OS2. The number of pyridine rings is 1. The van der Waals surface area contributed by atoms with E-state index in [-0.39, 0.29) is 0 Å². The van der Waals surface area contributed by atoms with Gasteiger partial charge in [0.05, 0.1) is 23.0 Å². The van der Waals surface area contributed by atoms with Crippen molar-refractivity contribution in [1.29, 1.82) is 0 Å². The van der Waals surface area contributed by atoms with Gasteiger partial charge in [0.15, 0.2) is 4.34 Å². The van der Waals surface area contributed by atoms with Gasteiger partial charge in [0, 0.05) is 23.1 Å². The third-order valence-corrected chi connectivity index (χ3v) is 5.55. The predicted octanol–water partition coefficient (Wildman–Crippen LogP) is 4.61. The first-order valence-electron chi connectivity index (χ1n) is 6.66. The van der Waals surface area contributed by atoms with Gasteiger partial charge in [0.1, 0.15) is 5.75 Å². The fourth-order valence-corrected chi connectivity index (χ4v) is 4.35. The molecule has 1 aromatic carbocycles. The van der Waals surface area contributed by atoms with Crippen molar-refractivity contribution in [3.63, 3.8) is 0 Å². The van der Waals surface area contributed by atoms with E-state index >= 15 is 0 Å². The van der Waals surface area contributed by atoms with Crippen molar-refractivity contribution in [2.24, 2.45) is 0 Å². The molecule has 2 aromatic heterocycles. The quantitative estimate of drug-likeness (QED) is 0.658. The molecule has 2 heterocycles. The second kappa shape index (κ2) is 6.03. The van der Waals surface area contributed by atoms with Crippen molar-refractivity contribution in [1.82, 2.24) is 9.97 Å². The number of aromatic nitrogens is 2. The maximum absolute atomic E-state index is 5.45. The molecule has 0 unspecified atom stereocenters. The van der Waals surface area contributed by atoms with Crippen LogP contribution in [0.1, 0.15) is 16.8 Å². The van der Waals surface area contributed by atoms with Crippen LogP contribution in [-0.4, -0.2) is 17.1 Å². The van der Waals surface area contributed by atoms with Crippen molar-refractivity contribution in [2.45, 2.75) is 23.9 Å². The smallest absolute Gasteiger partial charge is 0.151 e. The highest BCUT2D eigenvalue weighted by Crippen LogP contribution is 2.33. The van der Waals surface area contributed by atoms with Gasteiger partial charge in [-0.3, -0.25) is 4.98 Å². The first-order valence-corrected chi connectivity index (χ1v) is 8.46. The lowest BCUT2D eigenvalue weighted by molar-refractivity contribution is 0.407. The van der Waals surface area contributed by atoms with Crippen LogP contribution in [-0.2, 0) is 5.75 Å². The second-order valence-electron chi connectivity index (χ2n) is 4.78. The van der Waals surface area contributed by atoms with Crippen LogP contribution in [0.15, 0.2) is 34.8 Å². The molecule has 3 aromatic rings. The van der Waals surface area contributed by atoms with Crippen molar-refractivity contribution >= 4 is 33.3 Å². The minimum atomic E-state index is 0.808. The number of rotatable bonds is 4. The summed E-state index contributed by atoms with van der Waals surface area (Å²) < 4.78 is 7.76. The van der Waals surface area contributed by atoms with Gasteiger partial charge in [-0.2, -0.15) is 0 Å². The molecule has 21 heavy (non-hydrogen) atoms. The van der Waals surface area contributed by atoms with E-state index in [4.69, 9.17) is 4.74 Å². The summed E-state index contributed by atoms with van der Waals surface area (Å²) in [6.45, 7) is 4.08. The third-order valence-electron chi connectivity index (χ3n) is 3.36. The summed E-state index contributed by atoms with van der Waals surface area (Å²) in [5.41, 5.74) is 4.31. The minimum absolute atomic E-state index is 0.808.